The number of rotatable bonds is 5. The number of nitrogen functional groups attached to an aromatic ring is 1. The van der Waals surface area contributed by atoms with E-state index in [1.165, 1.54) is 0 Å². The SMILES string of the molecule is Cc1ccc(CNS(=O)(=O)Cc2ccc(N)cc2)o1. The number of furan rings is 1. The first-order chi connectivity index (χ1) is 8.94. The minimum atomic E-state index is -3.39. The van der Waals surface area contributed by atoms with Crippen molar-refractivity contribution >= 4 is 15.7 Å². The summed E-state index contributed by atoms with van der Waals surface area (Å²) in [5.74, 6) is 1.28. The van der Waals surface area contributed by atoms with Gasteiger partial charge in [0.1, 0.15) is 11.5 Å². The zero-order valence-corrected chi connectivity index (χ0v) is 11.4. The van der Waals surface area contributed by atoms with Gasteiger partial charge in [-0.25, -0.2) is 13.1 Å². The smallest absolute Gasteiger partial charge is 0.216 e. The van der Waals surface area contributed by atoms with E-state index in [0.29, 0.717) is 17.0 Å². The number of nitrogens with one attached hydrogen (secondary N) is 1. The van der Waals surface area contributed by atoms with Gasteiger partial charge in [-0.3, -0.25) is 0 Å². The van der Waals surface area contributed by atoms with Gasteiger partial charge in [-0.1, -0.05) is 12.1 Å². The fourth-order valence-electron chi connectivity index (χ4n) is 1.65. The lowest BCUT2D eigenvalue weighted by Crippen LogP contribution is -2.24. The van der Waals surface area contributed by atoms with Crippen LogP contribution in [0.4, 0.5) is 5.69 Å². The molecule has 19 heavy (non-hydrogen) atoms. The summed E-state index contributed by atoms with van der Waals surface area (Å²) in [5, 5.41) is 0. The highest BCUT2D eigenvalue weighted by molar-refractivity contribution is 7.88. The van der Waals surface area contributed by atoms with E-state index < -0.39 is 10.0 Å². The lowest BCUT2D eigenvalue weighted by atomic mass is 10.2. The normalized spacial score (nSPS) is 11.6. The molecule has 0 saturated heterocycles. The first-order valence-corrected chi connectivity index (χ1v) is 7.47. The Morgan fingerprint density at radius 3 is 2.42 bits per heavy atom. The summed E-state index contributed by atoms with van der Waals surface area (Å²) in [6, 6.07) is 10.3. The van der Waals surface area contributed by atoms with Crippen molar-refractivity contribution < 1.29 is 12.8 Å². The van der Waals surface area contributed by atoms with E-state index in [9.17, 15) is 8.42 Å². The largest absolute Gasteiger partial charge is 0.465 e. The Bertz CT molecular complexity index is 645. The van der Waals surface area contributed by atoms with Crippen LogP contribution in [0.3, 0.4) is 0 Å². The van der Waals surface area contributed by atoms with Crippen LogP contribution in [0.5, 0.6) is 0 Å². The average molecular weight is 280 g/mol. The molecule has 0 unspecified atom stereocenters. The molecule has 0 aliphatic carbocycles. The van der Waals surface area contributed by atoms with Crippen LogP contribution in [-0.2, 0) is 22.3 Å². The maximum Gasteiger partial charge on any atom is 0.216 e. The first-order valence-electron chi connectivity index (χ1n) is 5.82. The zero-order valence-electron chi connectivity index (χ0n) is 10.6. The number of nitrogens with two attached hydrogens (primary N) is 1. The number of hydrogen-bond acceptors (Lipinski definition) is 4. The molecule has 0 aliphatic rings. The molecule has 0 bridgehead atoms. The van der Waals surface area contributed by atoms with Crippen molar-refractivity contribution in [1.82, 2.24) is 4.72 Å². The Hall–Kier alpha value is -1.79. The van der Waals surface area contributed by atoms with Crippen molar-refractivity contribution in [1.29, 1.82) is 0 Å². The van der Waals surface area contributed by atoms with Gasteiger partial charge in [0.25, 0.3) is 0 Å². The maximum absolute atomic E-state index is 11.9. The molecule has 0 spiro atoms. The van der Waals surface area contributed by atoms with E-state index in [2.05, 4.69) is 4.72 Å². The molecule has 102 valence electrons. The molecule has 2 aromatic rings. The lowest BCUT2D eigenvalue weighted by Gasteiger charge is -2.05. The summed E-state index contributed by atoms with van der Waals surface area (Å²) in [6.07, 6.45) is 0. The van der Waals surface area contributed by atoms with Gasteiger partial charge in [-0.15, -0.1) is 0 Å². The number of hydrogen-bond donors (Lipinski definition) is 2. The minimum Gasteiger partial charge on any atom is -0.465 e. The highest BCUT2D eigenvalue weighted by atomic mass is 32.2. The molecule has 0 saturated carbocycles. The molecule has 0 amide bonds. The molecule has 1 heterocycles. The van der Waals surface area contributed by atoms with Crippen LogP contribution < -0.4 is 10.5 Å². The van der Waals surface area contributed by atoms with E-state index in [-0.39, 0.29) is 12.3 Å². The predicted molar refractivity (Wildman–Crippen MR) is 73.8 cm³/mol. The summed E-state index contributed by atoms with van der Waals surface area (Å²) in [7, 11) is -3.39. The first kappa shape index (κ1) is 13.6. The van der Waals surface area contributed by atoms with Crippen LogP contribution >= 0.6 is 0 Å². The van der Waals surface area contributed by atoms with Gasteiger partial charge in [0, 0.05) is 5.69 Å². The molecule has 0 radical (unpaired) electrons. The van der Waals surface area contributed by atoms with E-state index >= 15 is 0 Å². The minimum absolute atomic E-state index is 0.0764. The van der Waals surface area contributed by atoms with E-state index in [0.717, 1.165) is 5.76 Å². The van der Waals surface area contributed by atoms with Crippen LogP contribution in [0, 0.1) is 6.92 Å². The molecule has 1 aromatic carbocycles. The van der Waals surface area contributed by atoms with Gasteiger partial charge in [0.2, 0.25) is 10.0 Å². The number of anilines is 1. The Morgan fingerprint density at radius 2 is 1.84 bits per heavy atom. The molecule has 0 fully saturated rings. The third-order valence-electron chi connectivity index (χ3n) is 2.60. The average Bonchev–Trinajstić information content (AvgIpc) is 2.76. The summed E-state index contributed by atoms with van der Waals surface area (Å²) < 4.78 is 31.6. The maximum atomic E-state index is 11.9. The van der Waals surface area contributed by atoms with Gasteiger partial charge in [0.15, 0.2) is 0 Å². The molecular weight excluding hydrogens is 264 g/mol. The second-order valence-corrected chi connectivity index (χ2v) is 6.14. The number of benzene rings is 1. The molecule has 2 rings (SSSR count). The topological polar surface area (TPSA) is 85.3 Å². The Balaban J connectivity index is 1.97. The zero-order chi connectivity index (χ0) is 13.9. The molecule has 5 nitrogen and oxygen atoms in total. The Kier molecular flexibility index (Phi) is 3.92. The van der Waals surface area contributed by atoms with E-state index in [4.69, 9.17) is 10.2 Å². The van der Waals surface area contributed by atoms with Crippen LogP contribution in [0.2, 0.25) is 0 Å². The van der Waals surface area contributed by atoms with Crippen molar-refractivity contribution in [3.05, 3.63) is 53.5 Å². The summed E-state index contributed by atoms with van der Waals surface area (Å²) in [5.41, 5.74) is 6.85. The summed E-state index contributed by atoms with van der Waals surface area (Å²) >= 11 is 0. The van der Waals surface area contributed by atoms with Crippen molar-refractivity contribution in [2.75, 3.05) is 5.73 Å². The van der Waals surface area contributed by atoms with Crippen LogP contribution in [0.25, 0.3) is 0 Å². The Labute approximate surface area is 112 Å². The fraction of sp³-hybridized carbons (Fsp3) is 0.231. The van der Waals surface area contributed by atoms with Crippen molar-refractivity contribution in [2.45, 2.75) is 19.2 Å². The van der Waals surface area contributed by atoms with E-state index in [1.807, 2.05) is 6.92 Å². The van der Waals surface area contributed by atoms with Crippen LogP contribution in [0.15, 0.2) is 40.8 Å². The molecule has 0 atom stereocenters. The van der Waals surface area contributed by atoms with Gasteiger partial charge < -0.3 is 10.2 Å². The third-order valence-corrected chi connectivity index (χ3v) is 3.90. The van der Waals surface area contributed by atoms with Gasteiger partial charge >= 0.3 is 0 Å². The van der Waals surface area contributed by atoms with Crippen LogP contribution in [0.1, 0.15) is 17.1 Å². The van der Waals surface area contributed by atoms with Gasteiger partial charge in [-0.2, -0.15) is 0 Å². The lowest BCUT2D eigenvalue weighted by molar-refractivity contribution is 0.475. The quantitative estimate of drug-likeness (QED) is 0.818. The highest BCUT2D eigenvalue weighted by Gasteiger charge is 2.12. The highest BCUT2D eigenvalue weighted by Crippen LogP contribution is 2.10. The fourth-order valence-corrected chi connectivity index (χ4v) is 2.74. The predicted octanol–water partition coefficient (Wildman–Crippen LogP) is 1.79. The van der Waals surface area contributed by atoms with Crippen molar-refractivity contribution in [3.8, 4) is 0 Å². The summed E-state index contributed by atoms with van der Waals surface area (Å²) in [6.45, 7) is 1.97. The molecule has 3 N–H and O–H groups in total. The third kappa shape index (κ3) is 4.11. The van der Waals surface area contributed by atoms with Gasteiger partial charge in [-0.05, 0) is 36.8 Å². The number of aryl methyl sites for hydroxylation is 1. The number of sulfonamides is 1. The van der Waals surface area contributed by atoms with Crippen LogP contribution in [-0.4, -0.2) is 8.42 Å². The molecular formula is C13H16N2O3S. The summed E-state index contributed by atoms with van der Waals surface area (Å²) in [4.78, 5) is 0. The Morgan fingerprint density at radius 1 is 1.16 bits per heavy atom. The standard InChI is InChI=1S/C13H16N2O3S/c1-10-2-7-13(18-10)8-15-19(16,17)9-11-3-5-12(14)6-4-11/h2-7,15H,8-9,14H2,1H3. The van der Waals surface area contributed by atoms with E-state index in [1.54, 1.807) is 36.4 Å². The second kappa shape index (κ2) is 5.46. The van der Waals surface area contributed by atoms with Crippen molar-refractivity contribution in [3.63, 3.8) is 0 Å². The molecule has 6 heteroatoms. The monoisotopic (exact) mass is 280 g/mol. The second-order valence-electron chi connectivity index (χ2n) is 4.33. The molecule has 0 aliphatic heterocycles. The van der Waals surface area contributed by atoms with Crippen molar-refractivity contribution in [2.24, 2.45) is 0 Å². The molecule has 1 aromatic heterocycles. The van der Waals surface area contributed by atoms with Gasteiger partial charge in [0.05, 0.1) is 12.3 Å².